The number of esters is 1. The summed E-state index contributed by atoms with van der Waals surface area (Å²) in [5.74, 6) is 0.157. The minimum absolute atomic E-state index is 0.118. The minimum atomic E-state index is -0.371. The molecule has 0 heterocycles. The zero-order chi connectivity index (χ0) is 18.1. The summed E-state index contributed by atoms with van der Waals surface area (Å²) in [5.41, 5.74) is 1.65. The molecule has 132 valence electrons. The fourth-order valence-electron chi connectivity index (χ4n) is 2.07. The van der Waals surface area contributed by atoms with Crippen molar-refractivity contribution in [2.24, 2.45) is 0 Å². The first kappa shape index (κ1) is 19.0. The molecule has 5 nitrogen and oxygen atoms in total. The van der Waals surface area contributed by atoms with Gasteiger partial charge in [-0.15, -0.1) is 0 Å². The normalized spacial score (nSPS) is 10.2. The van der Waals surface area contributed by atoms with E-state index < -0.39 is 0 Å². The maximum Gasteiger partial charge on any atom is 0.307 e. The van der Waals surface area contributed by atoms with Gasteiger partial charge in [0.15, 0.2) is 0 Å². The number of hydrogen-bond acceptors (Lipinski definition) is 4. The number of carbonyl (C=O) groups is 2. The van der Waals surface area contributed by atoms with Crippen LogP contribution in [-0.2, 0) is 9.53 Å². The van der Waals surface area contributed by atoms with Crippen LogP contribution in [0.2, 0.25) is 0 Å². The van der Waals surface area contributed by atoms with Crippen LogP contribution in [0.25, 0.3) is 0 Å². The van der Waals surface area contributed by atoms with Crippen molar-refractivity contribution >= 4 is 27.8 Å². The van der Waals surface area contributed by atoms with E-state index in [-0.39, 0.29) is 31.4 Å². The molecule has 6 heteroatoms. The molecule has 0 aliphatic rings. The summed E-state index contributed by atoms with van der Waals surface area (Å²) in [6.45, 7) is 2.68. The van der Waals surface area contributed by atoms with Crippen molar-refractivity contribution in [1.29, 1.82) is 0 Å². The SMILES string of the molecule is Cc1cccc(OCCOC(=O)CCNC(=O)c2ccc(Br)cc2)c1. The monoisotopic (exact) mass is 405 g/mol. The maximum atomic E-state index is 11.9. The Morgan fingerprint density at radius 3 is 2.56 bits per heavy atom. The highest BCUT2D eigenvalue weighted by atomic mass is 79.9. The largest absolute Gasteiger partial charge is 0.490 e. The van der Waals surface area contributed by atoms with Crippen LogP contribution in [0.5, 0.6) is 5.75 Å². The van der Waals surface area contributed by atoms with Gasteiger partial charge in [-0.05, 0) is 48.9 Å². The topological polar surface area (TPSA) is 64.6 Å². The molecule has 0 saturated carbocycles. The Labute approximate surface area is 155 Å². The van der Waals surface area contributed by atoms with Gasteiger partial charge in [-0.2, -0.15) is 0 Å². The van der Waals surface area contributed by atoms with Crippen molar-refractivity contribution in [3.05, 3.63) is 64.1 Å². The Hall–Kier alpha value is -2.34. The highest BCUT2D eigenvalue weighted by molar-refractivity contribution is 9.10. The Morgan fingerprint density at radius 2 is 1.84 bits per heavy atom. The zero-order valence-electron chi connectivity index (χ0n) is 14.0. The number of hydrogen-bond donors (Lipinski definition) is 1. The van der Waals surface area contributed by atoms with Gasteiger partial charge >= 0.3 is 5.97 Å². The van der Waals surface area contributed by atoms with Gasteiger partial charge in [0, 0.05) is 16.6 Å². The van der Waals surface area contributed by atoms with Crippen LogP contribution in [0.1, 0.15) is 22.3 Å². The van der Waals surface area contributed by atoms with Crippen molar-refractivity contribution in [3.63, 3.8) is 0 Å². The van der Waals surface area contributed by atoms with E-state index in [0.29, 0.717) is 12.2 Å². The van der Waals surface area contributed by atoms with Crippen molar-refractivity contribution in [2.45, 2.75) is 13.3 Å². The molecular formula is C19H20BrNO4. The quantitative estimate of drug-likeness (QED) is 0.539. The molecule has 0 unspecified atom stereocenters. The summed E-state index contributed by atoms with van der Waals surface area (Å²) in [5, 5.41) is 2.69. The van der Waals surface area contributed by atoms with E-state index in [1.807, 2.05) is 31.2 Å². The molecule has 0 aliphatic heterocycles. The summed E-state index contributed by atoms with van der Waals surface area (Å²) < 4.78 is 11.5. The summed E-state index contributed by atoms with van der Waals surface area (Å²) in [7, 11) is 0. The molecule has 0 atom stereocenters. The lowest BCUT2D eigenvalue weighted by Crippen LogP contribution is -2.26. The number of benzene rings is 2. The van der Waals surface area contributed by atoms with E-state index >= 15 is 0 Å². The highest BCUT2D eigenvalue weighted by Crippen LogP contribution is 2.12. The van der Waals surface area contributed by atoms with E-state index in [0.717, 1.165) is 15.8 Å². The Balaban J connectivity index is 1.59. The molecule has 0 aliphatic carbocycles. The van der Waals surface area contributed by atoms with Gasteiger partial charge in [-0.3, -0.25) is 9.59 Å². The molecule has 0 radical (unpaired) electrons. The van der Waals surface area contributed by atoms with Crippen LogP contribution < -0.4 is 10.1 Å². The number of rotatable bonds is 8. The van der Waals surface area contributed by atoms with Crippen LogP contribution in [0, 0.1) is 6.92 Å². The van der Waals surface area contributed by atoms with Crippen molar-refractivity contribution in [3.8, 4) is 5.75 Å². The highest BCUT2D eigenvalue weighted by Gasteiger charge is 2.07. The lowest BCUT2D eigenvalue weighted by atomic mass is 10.2. The Kier molecular flexibility index (Phi) is 7.47. The lowest BCUT2D eigenvalue weighted by molar-refractivity contribution is -0.144. The fourth-order valence-corrected chi connectivity index (χ4v) is 2.34. The molecule has 0 bridgehead atoms. The first-order valence-electron chi connectivity index (χ1n) is 7.93. The van der Waals surface area contributed by atoms with E-state index in [9.17, 15) is 9.59 Å². The van der Waals surface area contributed by atoms with Gasteiger partial charge in [-0.25, -0.2) is 0 Å². The van der Waals surface area contributed by atoms with Gasteiger partial charge in [0.05, 0.1) is 6.42 Å². The van der Waals surface area contributed by atoms with Crippen LogP contribution in [0.4, 0.5) is 0 Å². The van der Waals surface area contributed by atoms with Crippen molar-refractivity contribution < 1.29 is 19.1 Å². The van der Waals surface area contributed by atoms with E-state index in [1.54, 1.807) is 24.3 Å². The summed E-state index contributed by atoms with van der Waals surface area (Å²) in [6.07, 6.45) is 0.118. The average Bonchev–Trinajstić information content (AvgIpc) is 2.59. The van der Waals surface area contributed by atoms with E-state index in [4.69, 9.17) is 9.47 Å². The molecule has 0 fully saturated rings. The molecule has 2 aromatic carbocycles. The van der Waals surface area contributed by atoms with Crippen LogP contribution in [0.3, 0.4) is 0 Å². The number of halogens is 1. The zero-order valence-corrected chi connectivity index (χ0v) is 15.5. The van der Waals surface area contributed by atoms with E-state index in [2.05, 4.69) is 21.2 Å². The van der Waals surface area contributed by atoms with Gasteiger partial charge in [0.1, 0.15) is 19.0 Å². The standard InChI is InChI=1S/C19H20BrNO4/c1-14-3-2-4-17(13-14)24-11-12-25-18(22)9-10-21-19(23)15-5-7-16(20)8-6-15/h2-8,13H,9-12H2,1H3,(H,21,23). The smallest absolute Gasteiger partial charge is 0.307 e. The number of ether oxygens (including phenoxy) is 2. The molecule has 2 aromatic rings. The number of carbonyl (C=O) groups excluding carboxylic acids is 2. The molecule has 1 N–H and O–H groups in total. The van der Waals surface area contributed by atoms with Crippen molar-refractivity contribution in [1.82, 2.24) is 5.32 Å². The average molecular weight is 406 g/mol. The predicted molar refractivity (Wildman–Crippen MR) is 98.7 cm³/mol. The van der Waals surface area contributed by atoms with Crippen LogP contribution >= 0.6 is 15.9 Å². The lowest BCUT2D eigenvalue weighted by Gasteiger charge is -2.08. The maximum absolute atomic E-state index is 11.9. The molecule has 25 heavy (non-hydrogen) atoms. The molecule has 0 aromatic heterocycles. The number of nitrogens with one attached hydrogen (secondary N) is 1. The molecule has 1 amide bonds. The second-order valence-corrected chi connectivity index (χ2v) is 6.31. The van der Waals surface area contributed by atoms with Gasteiger partial charge in [0.2, 0.25) is 0 Å². The second-order valence-electron chi connectivity index (χ2n) is 5.40. The van der Waals surface area contributed by atoms with Gasteiger partial charge in [-0.1, -0.05) is 28.1 Å². The summed E-state index contributed by atoms with van der Waals surface area (Å²) in [4.78, 5) is 23.5. The molecule has 0 saturated heterocycles. The molecular weight excluding hydrogens is 386 g/mol. The third-order valence-electron chi connectivity index (χ3n) is 3.33. The molecule has 0 spiro atoms. The third-order valence-corrected chi connectivity index (χ3v) is 3.85. The summed E-state index contributed by atoms with van der Waals surface area (Å²) in [6, 6.07) is 14.7. The Morgan fingerprint density at radius 1 is 1.08 bits per heavy atom. The second kappa shape index (κ2) is 9.84. The first-order valence-corrected chi connectivity index (χ1v) is 8.73. The minimum Gasteiger partial charge on any atom is -0.490 e. The number of amides is 1. The fraction of sp³-hybridized carbons (Fsp3) is 0.263. The molecule has 2 rings (SSSR count). The predicted octanol–water partition coefficient (Wildman–Crippen LogP) is 3.50. The van der Waals surface area contributed by atoms with E-state index in [1.165, 1.54) is 0 Å². The number of aryl methyl sites for hydroxylation is 1. The third kappa shape index (κ3) is 6.97. The summed E-state index contributed by atoms with van der Waals surface area (Å²) >= 11 is 3.31. The van der Waals surface area contributed by atoms with Crippen LogP contribution in [-0.4, -0.2) is 31.6 Å². The first-order chi connectivity index (χ1) is 12.0. The Bertz CT molecular complexity index is 716. The van der Waals surface area contributed by atoms with Gasteiger partial charge in [0.25, 0.3) is 5.91 Å². The van der Waals surface area contributed by atoms with Gasteiger partial charge < -0.3 is 14.8 Å². The van der Waals surface area contributed by atoms with Crippen molar-refractivity contribution in [2.75, 3.05) is 19.8 Å². The van der Waals surface area contributed by atoms with Crippen LogP contribution in [0.15, 0.2) is 53.0 Å².